The predicted molar refractivity (Wildman–Crippen MR) is 143 cm³/mol. The average molecular weight is 543 g/mol. The van der Waals surface area contributed by atoms with E-state index in [4.69, 9.17) is 21.1 Å². The van der Waals surface area contributed by atoms with Crippen molar-refractivity contribution in [3.05, 3.63) is 82.0 Å². The highest BCUT2D eigenvalue weighted by Gasteiger charge is 2.37. The molecular formula is C28H32ClFN4O4. The first-order valence-electron chi connectivity index (χ1n) is 12.4. The van der Waals surface area contributed by atoms with E-state index in [0.717, 1.165) is 24.2 Å². The highest BCUT2D eigenvalue weighted by Crippen LogP contribution is 2.44. The molecule has 0 aliphatic heterocycles. The van der Waals surface area contributed by atoms with E-state index in [2.05, 4.69) is 20.6 Å². The summed E-state index contributed by atoms with van der Waals surface area (Å²) in [6.45, 7) is 5.79. The van der Waals surface area contributed by atoms with Crippen LogP contribution in [0.3, 0.4) is 0 Å². The molecule has 1 amide bonds. The highest BCUT2D eigenvalue weighted by atomic mass is 35.5. The number of aliphatic hydroxyl groups excluding tert-OH is 1. The summed E-state index contributed by atoms with van der Waals surface area (Å²) < 4.78 is 26.4. The number of aliphatic hydroxyl groups is 1. The number of benzene rings is 2. The Bertz CT molecular complexity index is 1260. The minimum Gasteiger partial charge on any atom is -0.497 e. The summed E-state index contributed by atoms with van der Waals surface area (Å²) in [7, 11) is 1.61. The van der Waals surface area contributed by atoms with E-state index in [1.165, 1.54) is 24.5 Å². The lowest BCUT2D eigenvalue weighted by molar-refractivity contribution is 0.0496. The Labute approximate surface area is 226 Å². The molecule has 0 saturated heterocycles. The van der Waals surface area contributed by atoms with Gasteiger partial charge in [0.05, 0.1) is 31.2 Å². The number of rotatable bonds is 9. The second kappa shape index (κ2) is 11.5. The fraction of sp³-hybridized carbons (Fsp3) is 0.393. The van der Waals surface area contributed by atoms with Crippen molar-refractivity contribution in [2.75, 3.05) is 12.4 Å². The zero-order valence-electron chi connectivity index (χ0n) is 21.8. The van der Waals surface area contributed by atoms with E-state index in [-0.39, 0.29) is 27.8 Å². The fourth-order valence-electron chi connectivity index (χ4n) is 4.05. The van der Waals surface area contributed by atoms with Crippen LogP contribution in [-0.2, 0) is 11.3 Å². The molecule has 38 heavy (non-hydrogen) atoms. The molecule has 3 N–H and O–H groups in total. The van der Waals surface area contributed by atoms with Gasteiger partial charge in [0.2, 0.25) is 0 Å². The Morgan fingerprint density at radius 1 is 1.16 bits per heavy atom. The first-order valence-corrected chi connectivity index (χ1v) is 12.8. The number of nitrogens with zero attached hydrogens (tertiary/aromatic N) is 2. The molecule has 1 heterocycles. The van der Waals surface area contributed by atoms with Gasteiger partial charge in [0, 0.05) is 22.7 Å². The largest absolute Gasteiger partial charge is 0.497 e. The van der Waals surface area contributed by atoms with Crippen molar-refractivity contribution in [2.45, 2.75) is 57.9 Å². The van der Waals surface area contributed by atoms with E-state index in [0.29, 0.717) is 12.4 Å². The van der Waals surface area contributed by atoms with Crippen LogP contribution in [0.25, 0.3) is 0 Å². The smallest absolute Gasteiger partial charge is 0.408 e. The number of methoxy groups -OCH3 is 1. The minimum atomic E-state index is -1.45. The van der Waals surface area contributed by atoms with Crippen molar-refractivity contribution in [1.82, 2.24) is 15.3 Å². The Morgan fingerprint density at radius 2 is 1.87 bits per heavy atom. The van der Waals surface area contributed by atoms with E-state index in [1.807, 2.05) is 24.3 Å². The van der Waals surface area contributed by atoms with E-state index < -0.39 is 29.7 Å². The summed E-state index contributed by atoms with van der Waals surface area (Å²) in [4.78, 5) is 21.0. The first-order chi connectivity index (χ1) is 18.1. The molecule has 2 atom stereocenters. The van der Waals surface area contributed by atoms with Crippen molar-refractivity contribution in [1.29, 1.82) is 0 Å². The van der Waals surface area contributed by atoms with E-state index in [1.54, 1.807) is 27.9 Å². The van der Waals surface area contributed by atoms with Gasteiger partial charge in [0.15, 0.2) is 0 Å². The van der Waals surface area contributed by atoms with Crippen LogP contribution in [-0.4, -0.2) is 33.9 Å². The molecular weight excluding hydrogens is 511 g/mol. The van der Waals surface area contributed by atoms with Crippen LogP contribution < -0.4 is 15.4 Å². The third-order valence-corrected chi connectivity index (χ3v) is 6.44. The van der Waals surface area contributed by atoms with Crippen LogP contribution in [0.15, 0.2) is 48.8 Å². The molecule has 0 spiro atoms. The van der Waals surface area contributed by atoms with Crippen molar-refractivity contribution in [3.8, 4) is 5.75 Å². The second-order valence-corrected chi connectivity index (χ2v) is 10.7. The summed E-state index contributed by atoms with van der Waals surface area (Å²) in [6, 6.07) is 10.0. The molecule has 2 aromatic carbocycles. The average Bonchev–Trinajstić information content (AvgIpc) is 3.71. The molecule has 8 nitrogen and oxygen atoms in total. The van der Waals surface area contributed by atoms with Crippen LogP contribution in [0, 0.1) is 11.7 Å². The monoisotopic (exact) mass is 542 g/mol. The van der Waals surface area contributed by atoms with E-state index in [9.17, 15) is 9.90 Å². The number of nitrogens with one attached hydrogen (secondary N) is 2. The molecule has 1 aromatic heterocycles. The number of hydrogen-bond donors (Lipinski definition) is 3. The Balaban J connectivity index is 1.50. The maximum absolute atomic E-state index is 15.8. The van der Waals surface area contributed by atoms with Gasteiger partial charge in [-0.1, -0.05) is 29.8 Å². The van der Waals surface area contributed by atoms with Gasteiger partial charge in [-0.15, -0.1) is 0 Å². The van der Waals surface area contributed by atoms with Gasteiger partial charge >= 0.3 is 6.09 Å². The summed E-state index contributed by atoms with van der Waals surface area (Å²) in [5.74, 6) is 0.638. The van der Waals surface area contributed by atoms with Crippen LogP contribution >= 0.6 is 11.6 Å². The first kappa shape index (κ1) is 27.6. The Kier molecular flexibility index (Phi) is 8.38. The molecule has 202 valence electrons. The van der Waals surface area contributed by atoms with Crippen molar-refractivity contribution < 1.29 is 23.8 Å². The number of aromatic nitrogens is 2. The number of anilines is 1. The van der Waals surface area contributed by atoms with Gasteiger partial charge in [-0.3, -0.25) is 4.98 Å². The third-order valence-electron chi connectivity index (χ3n) is 6.12. The molecule has 1 aliphatic rings. The van der Waals surface area contributed by atoms with Gasteiger partial charge < -0.3 is 25.2 Å². The minimum absolute atomic E-state index is 0.0501. The molecule has 3 aromatic rings. The number of ether oxygens (including phenoxy) is 2. The summed E-state index contributed by atoms with van der Waals surface area (Å²) in [5, 5.41) is 17.0. The molecule has 4 rings (SSSR count). The number of amides is 1. The quantitative estimate of drug-likeness (QED) is 0.307. The number of hydrogen-bond acceptors (Lipinski definition) is 7. The third kappa shape index (κ3) is 6.90. The van der Waals surface area contributed by atoms with Gasteiger partial charge in [-0.05, 0) is 63.3 Å². The highest BCUT2D eigenvalue weighted by molar-refractivity contribution is 6.31. The number of carbonyl (C=O) groups excluding carboxylic acids is 1. The molecule has 1 fully saturated rings. The molecule has 0 radical (unpaired) electrons. The molecule has 10 heteroatoms. The number of alkyl carbamates (subject to hydrolysis) is 1. The lowest BCUT2D eigenvalue weighted by Gasteiger charge is -2.25. The molecule has 1 unspecified atom stereocenters. The van der Waals surface area contributed by atoms with Crippen molar-refractivity contribution in [3.63, 3.8) is 0 Å². The summed E-state index contributed by atoms with van der Waals surface area (Å²) >= 11 is 6.33. The zero-order chi connectivity index (χ0) is 27.4. The molecule has 0 bridgehead atoms. The van der Waals surface area contributed by atoms with Gasteiger partial charge in [-0.25, -0.2) is 14.2 Å². The van der Waals surface area contributed by atoms with Gasteiger partial charge in [0.1, 0.15) is 29.1 Å². The van der Waals surface area contributed by atoms with Crippen LogP contribution in [0.1, 0.15) is 68.1 Å². The molecule has 1 aliphatic carbocycles. The molecule has 1 saturated carbocycles. The van der Waals surface area contributed by atoms with Crippen LogP contribution in [0.5, 0.6) is 5.75 Å². The van der Waals surface area contributed by atoms with Crippen LogP contribution in [0.4, 0.5) is 15.0 Å². The van der Waals surface area contributed by atoms with E-state index >= 15 is 4.39 Å². The topological polar surface area (TPSA) is 106 Å². The normalized spacial score (nSPS) is 14.9. The Hall–Kier alpha value is -3.43. The zero-order valence-corrected chi connectivity index (χ0v) is 22.6. The predicted octanol–water partition coefficient (Wildman–Crippen LogP) is 5.95. The lowest BCUT2D eigenvalue weighted by Crippen LogP contribution is -2.36. The SMILES string of the molecule is COc1ccc(CNc2cnc(C(O)c3c(Cl)ccc([C@H](NC(=O)OC(C)(C)C)C4CC4)c3F)cn2)cc1. The second-order valence-electron chi connectivity index (χ2n) is 10.3. The standard InChI is InChI=1S/C28H32ClFN4O4/c1-28(2,3)38-27(36)34-25(17-7-8-17)19-11-12-20(29)23(24(19)30)26(35)21-14-33-22(15-31-21)32-13-16-5-9-18(37-4)10-6-16/h5-6,9-12,14-15,17,25-26,35H,7-8,13H2,1-4H3,(H,32,33)(H,34,36)/t25-,26?/m1/s1. The summed E-state index contributed by atoms with van der Waals surface area (Å²) in [6.07, 6.45) is 2.45. The Morgan fingerprint density at radius 3 is 2.45 bits per heavy atom. The lowest BCUT2D eigenvalue weighted by atomic mass is 9.96. The fourth-order valence-corrected chi connectivity index (χ4v) is 4.29. The van der Waals surface area contributed by atoms with Gasteiger partial charge in [-0.2, -0.15) is 0 Å². The van der Waals surface area contributed by atoms with Crippen molar-refractivity contribution >= 4 is 23.5 Å². The maximum Gasteiger partial charge on any atom is 0.408 e. The maximum atomic E-state index is 15.8. The number of carbonyl (C=O) groups is 1. The van der Waals surface area contributed by atoms with Crippen LogP contribution in [0.2, 0.25) is 5.02 Å². The van der Waals surface area contributed by atoms with Crippen molar-refractivity contribution in [2.24, 2.45) is 5.92 Å². The summed E-state index contributed by atoms with van der Waals surface area (Å²) in [5.41, 5.74) is 0.595. The number of halogens is 2. The van der Waals surface area contributed by atoms with Gasteiger partial charge in [0.25, 0.3) is 0 Å².